The van der Waals surface area contributed by atoms with Gasteiger partial charge in [0, 0.05) is 5.41 Å². The average molecular weight is 409 g/mol. The van der Waals surface area contributed by atoms with Crippen molar-refractivity contribution >= 4 is 6.08 Å². The lowest BCUT2D eigenvalue weighted by Crippen LogP contribution is -2.51. The molecule has 1 aromatic rings. The summed E-state index contributed by atoms with van der Waals surface area (Å²) in [5.41, 5.74) is 4.08. The fourth-order valence-electron chi connectivity index (χ4n) is 7.55. The molecular formula is C27H36O3. The van der Waals surface area contributed by atoms with Gasteiger partial charge in [-0.25, -0.2) is 0 Å². The smallest absolute Gasteiger partial charge is 0.118 e. The SMILES string of the molecule is COc1ccc(/C=C2\C[C@@H]3[C@@H]4CC=C5C[C@@H](O)CC[C@]5(C)[C@H]4CC[C@@]3(C)[C@H]2O)cc1. The molecule has 0 bridgehead atoms. The lowest BCUT2D eigenvalue weighted by Gasteiger charge is -2.57. The Morgan fingerprint density at radius 1 is 1.00 bits per heavy atom. The highest BCUT2D eigenvalue weighted by Gasteiger charge is 2.59. The zero-order valence-corrected chi connectivity index (χ0v) is 18.6. The fraction of sp³-hybridized carbons (Fsp3) is 0.630. The van der Waals surface area contributed by atoms with Crippen molar-refractivity contribution in [2.24, 2.45) is 28.6 Å². The van der Waals surface area contributed by atoms with Crippen molar-refractivity contribution in [2.75, 3.05) is 7.11 Å². The maximum Gasteiger partial charge on any atom is 0.118 e. The van der Waals surface area contributed by atoms with E-state index in [0.717, 1.165) is 49.8 Å². The van der Waals surface area contributed by atoms with E-state index in [9.17, 15) is 10.2 Å². The summed E-state index contributed by atoms with van der Waals surface area (Å²) in [6, 6.07) is 8.14. The minimum atomic E-state index is -0.350. The van der Waals surface area contributed by atoms with Gasteiger partial charge in [-0.2, -0.15) is 0 Å². The largest absolute Gasteiger partial charge is 0.497 e. The van der Waals surface area contributed by atoms with Crippen LogP contribution in [0.1, 0.15) is 64.4 Å². The first kappa shape index (κ1) is 20.3. The van der Waals surface area contributed by atoms with Crippen molar-refractivity contribution in [1.82, 2.24) is 0 Å². The second-order valence-corrected chi connectivity index (χ2v) is 10.8. The molecule has 4 aliphatic rings. The Kier molecular flexibility index (Phi) is 4.91. The lowest BCUT2D eigenvalue weighted by molar-refractivity contribution is -0.0685. The molecule has 162 valence electrons. The summed E-state index contributed by atoms with van der Waals surface area (Å²) >= 11 is 0. The minimum Gasteiger partial charge on any atom is -0.497 e. The summed E-state index contributed by atoms with van der Waals surface area (Å²) in [6.45, 7) is 4.79. The predicted octanol–water partition coefficient (Wildman–Crippen LogP) is 5.37. The van der Waals surface area contributed by atoms with Crippen LogP contribution in [0.15, 0.2) is 41.5 Å². The quantitative estimate of drug-likeness (QED) is 0.647. The Morgan fingerprint density at radius 2 is 1.77 bits per heavy atom. The average Bonchev–Trinajstić information content (AvgIpc) is 3.00. The molecule has 1 aromatic carbocycles. The van der Waals surface area contributed by atoms with Crippen molar-refractivity contribution in [2.45, 2.75) is 71.0 Å². The first-order chi connectivity index (χ1) is 14.3. The van der Waals surface area contributed by atoms with Crippen LogP contribution in [0, 0.1) is 28.6 Å². The van der Waals surface area contributed by atoms with Gasteiger partial charge in [0.05, 0.1) is 19.3 Å². The van der Waals surface area contributed by atoms with Crippen LogP contribution in [0.3, 0.4) is 0 Å². The molecule has 3 saturated carbocycles. The van der Waals surface area contributed by atoms with Gasteiger partial charge >= 0.3 is 0 Å². The molecule has 0 amide bonds. The van der Waals surface area contributed by atoms with Gasteiger partial charge in [-0.05, 0) is 91.4 Å². The standard InChI is InChI=1S/C27H36O3/c1-26-12-10-20(28)16-19(26)6-9-22-23(26)11-13-27(2)24(22)15-18(25(27)29)14-17-4-7-21(30-3)8-5-17/h4-8,14,20,22-25,28-29H,9-13,15-16H2,1-3H3/b18-14+/t20-,22+,23-,24+,25-,26-,27+/m0/s1. The first-order valence-electron chi connectivity index (χ1n) is 11.8. The van der Waals surface area contributed by atoms with Crippen molar-refractivity contribution in [3.8, 4) is 5.75 Å². The molecule has 0 saturated heterocycles. The van der Waals surface area contributed by atoms with E-state index in [1.807, 2.05) is 12.1 Å². The number of fused-ring (bicyclic) bond motifs is 5. The third-order valence-corrected chi connectivity index (χ3v) is 9.41. The number of hydrogen-bond donors (Lipinski definition) is 2. The molecule has 3 heteroatoms. The van der Waals surface area contributed by atoms with E-state index >= 15 is 0 Å². The third-order valence-electron chi connectivity index (χ3n) is 9.41. The number of hydrogen-bond acceptors (Lipinski definition) is 3. The Labute approximate surface area is 180 Å². The highest BCUT2D eigenvalue weighted by molar-refractivity contribution is 5.56. The number of allylic oxidation sites excluding steroid dienone is 1. The molecule has 5 rings (SSSR count). The van der Waals surface area contributed by atoms with Crippen LogP contribution in [0.5, 0.6) is 5.75 Å². The Hall–Kier alpha value is -1.58. The van der Waals surface area contributed by atoms with Crippen LogP contribution >= 0.6 is 0 Å². The fourth-order valence-corrected chi connectivity index (χ4v) is 7.55. The highest BCUT2D eigenvalue weighted by Crippen LogP contribution is 2.65. The molecule has 2 N–H and O–H groups in total. The Balaban J connectivity index is 1.44. The van der Waals surface area contributed by atoms with E-state index in [1.54, 1.807) is 7.11 Å². The summed E-state index contributed by atoms with van der Waals surface area (Å²) in [4.78, 5) is 0. The van der Waals surface area contributed by atoms with Crippen molar-refractivity contribution in [1.29, 1.82) is 0 Å². The van der Waals surface area contributed by atoms with Gasteiger partial charge in [0.15, 0.2) is 0 Å². The monoisotopic (exact) mass is 408 g/mol. The molecule has 0 aliphatic heterocycles. The Bertz CT molecular complexity index is 869. The van der Waals surface area contributed by atoms with Crippen molar-refractivity contribution in [3.63, 3.8) is 0 Å². The summed E-state index contributed by atoms with van der Waals surface area (Å²) in [5, 5.41) is 21.6. The molecule has 7 atom stereocenters. The van der Waals surface area contributed by atoms with E-state index in [4.69, 9.17) is 4.74 Å². The topological polar surface area (TPSA) is 49.7 Å². The second-order valence-electron chi connectivity index (χ2n) is 10.8. The molecule has 30 heavy (non-hydrogen) atoms. The van der Waals surface area contributed by atoms with Crippen molar-refractivity contribution in [3.05, 3.63) is 47.1 Å². The summed E-state index contributed by atoms with van der Waals surface area (Å²) < 4.78 is 5.28. The lowest BCUT2D eigenvalue weighted by atomic mass is 9.48. The van der Waals surface area contributed by atoms with Gasteiger partial charge in [0.25, 0.3) is 0 Å². The van der Waals surface area contributed by atoms with Gasteiger partial charge in [-0.3, -0.25) is 0 Å². The number of aliphatic hydroxyl groups is 2. The minimum absolute atomic E-state index is 0.0185. The maximum atomic E-state index is 11.4. The molecule has 3 fully saturated rings. The van der Waals surface area contributed by atoms with Crippen LogP contribution in [-0.4, -0.2) is 29.5 Å². The first-order valence-corrected chi connectivity index (χ1v) is 11.8. The third kappa shape index (κ3) is 3.00. The van der Waals surface area contributed by atoms with Gasteiger partial charge in [-0.15, -0.1) is 0 Å². The molecule has 3 nitrogen and oxygen atoms in total. The molecule has 0 spiro atoms. The number of rotatable bonds is 2. The van der Waals surface area contributed by atoms with E-state index in [0.29, 0.717) is 17.8 Å². The number of methoxy groups -OCH3 is 1. The maximum absolute atomic E-state index is 11.4. The highest BCUT2D eigenvalue weighted by atomic mass is 16.5. The number of aliphatic hydroxyl groups excluding tert-OH is 2. The normalized spacial score (nSPS) is 44.1. The van der Waals surface area contributed by atoms with Gasteiger partial charge < -0.3 is 14.9 Å². The van der Waals surface area contributed by atoms with Crippen molar-refractivity contribution < 1.29 is 14.9 Å². The summed E-state index contributed by atoms with van der Waals surface area (Å²) in [5.74, 6) is 2.74. The van der Waals surface area contributed by atoms with Crippen LogP contribution in [0.2, 0.25) is 0 Å². The summed E-state index contributed by atoms with van der Waals surface area (Å²) in [6.07, 6.45) is 11.5. The van der Waals surface area contributed by atoms with E-state index in [2.05, 4.69) is 38.1 Å². The zero-order chi connectivity index (χ0) is 21.1. The van der Waals surface area contributed by atoms with E-state index in [-0.39, 0.29) is 23.0 Å². The Morgan fingerprint density at radius 3 is 2.50 bits per heavy atom. The van der Waals surface area contributed by atoms with Crippen LogP contribution in [0.4, 0.5) is 0 Å². The molecule has 0 radical (unpaired) electrons. The zero-order valence-electron chi connectivity index (χ0n) is 18.6. The van der Waals surface area contributed by atoms with Crippen LogP contribution < -0.4 is 4.74 Å². The number of benzene rings is 1. The predicted molar refractivity (Wildman–Crippen MR) is 120 cm³/mol. The molecule has 0 aromatic heterocycles. The van der Waals surface area contributed by atoms with E-state index in [1.165, 1.54) is 17.6 Å². The molecular weight excluding hydrogens is 372 g/mol. The summed E-state index contributed by atoms with van der Waals surface area (Å²) in [7, 11) is 1.69. The van der Waals surface area contributed by atoms with Gasteiger partial charge in [-0.1, -0.05) is 43.7 Å². The number of ether oxygens (including phenoxy) is 1. The molecule has 0 heterocycles. The molecule has 4 aliphatic carbocycles. The van der Waals surface area contributed by atoms with Gasteiger partial charge in [0.1, 0.15) is 5.75 Å². The van der Waals surface area contributed by atoms with Crippen LogP contribution in [-0.2, 0) is 0 Å². The van der Waals surface area contributed by atoms with E-state index < -0.39 is 0 Å². The van der Waals surface area contributed by atoms with Crippen LogP contribution in [0.25, 0.3) is 6.08 Å². The molecule has 0 unspecified atom stereocenters. The second kappa shape index (κ2) is 7.24. The van der Waals surface area contributed by atoms with Gasteiger partial charge in [0.2, 0.25) is 0 Å².